The first kappa shape index (κ1) is 16.8. The van der Waals surface area contributed by atoms with Crippen molar-refractivity contribution in [1.82, 2.24) is 0 Å². The molecule has 3 saturated carbocycles. The summed E-state index contributed by atoms with van der Waals surface area (Å²) in [5, 5.41) is 22.2. The lowest BCUT2D eigenvalue weighted by atomic mass is 9.44. The van der Waals surface area contributed by atoms with Crippen LogP contribution in [0.4, 0.5) is 0 Å². The molecule has 0 aromatic rings. The van der Waals surface area contributed by atoms with Gasteiger partial charge in [0, 0.05) is 11.8 Å². The highest BCUT2D eigenvalue weighted by Gasteiger charge is 2.65. The van der Waals surface area contributed by atoms with E-state index in [1.807, 2.05) is 13.0 Å². The zero-order valence-electron chi connectivity index (χ0n) is 15.5. The van der Waals surface area contributed by atoms with E-state index in [4.69, 9.17) is 0 Å². The van der Waals surface area contributed by atoms with E-state index in [9.17, 15) is 15.0 Å². The molecular formula is C21H32O3. The van der Waals surface area contributed by atoms with Crippen molar-refractivity contribution >= 4 is 5.78 Å². The summed E-state index contributed by atoms with van der Waals surface area (Å²) in [5.74, 6) is 1.84. The summed E-state index contributed by atoms with van der Waals surface area (Å²) in [6.45, 7) is 8.72. The number of aliphatic hydroxyl groups excluding tert-OH is 1. The second-order valence-electron chi connectivity index (χ2n) is 9.92. The monoisotopic (exact) mass is 332 g/mol. The van der Waals surface area contributed by atoms with Crippen LogP contribution < -0.4 is 0 Å². The molecule has 0 spiro atoms. The fourth-order valence-corrected chi connectivity index (χ4v) is 7.34. The van der Waals surface area contributed by atoms with Gasteiger partial charge >= 0.3 is 0 Å². The molecule has 0 unspecified atom stereocenters. The molecular weight excluding hydrogens is 300 g/mol. The molecule has 0 radical (unpaired) electrons. The van der Waals surface area contributed by atoms with Gasteiger partial charge < -0.3 is 10.2 Å². The normalized spacial score (nSPS) is 57.0. The van der Waals surface area contributed by atoms with E-state index in [2.05, 4.69) is 20.8 Å². The number of rotatable bonds is 0. The maximum atomic E-state index is 12.0. The first-order valence-corrected chi connectivity index (χ1v) is 9.75. The van der Waals surface area contributed by atoms with Gasteiger partial charge in [0.1, 0.15) is 0 Å². The van der Waals surface area contributed by atoms with Gasteiger partial charge in [-0.3, -0.25) is 4.79 Å². The number of hydrogen-bond donors (Lipinski definition) is 2. The van der Waals surface area contributed by atoms with Crippen LogP contribution in [0.3, 0.4) is 0 Å². The minimum Gasteiger partial charge on any atom is -0.393 e. The van der Waals surface area contributed by atoms with E-state index in [-0.39, 0.29) is 28.6 Å². The highest BCUT2D eigenvalue weighted by molar-refractivity contribution is 5.91. The SMILES string of the molecule is C[C@H]1C[C@@H]2[C@H]([C@H](O)C[C@]3(C)[C@H]2CC[C@]3(C)O)[C@@]2(C)CCC(=O)C=C12. The van der Waals surface area contributed by atoms with Gasteiger partial charge in [-0.15, -0.1) is 0 Å². The van der Waals surface area contributed by atoms with E-state index in [1.54, 1.807) is 0 Å². The predicted octanol–water partition coefficient (Wildman–Crippen LogP) is 3.49. The van der Waals surface area contributed by atoms with Crippen LogP contribution in [0.2, 0.25) is 0 Å². The molecule has 3 fully saturated rings. The largest absolute Gasteiger partial charge is 0.393 e. The third-order valence-corrected chi connectivity index (χ3v) is 8.78. The van der Waals surface area contributed by atoms with Crippen LogP contribution in [-0.4, -0.2) is 27.7 Å². The fraction of sp³-hybridized carbons (Fsp3) is 0.857. The minimum atomic E-state index is -0.674. The highest BCUT2D eigenvalue weighted by Crippen LogP contribution is 2.68. The molecule has 0 amide bonds. The van der Waals surface area contributed by atoms with Crippen LogP contribution in [-0.2, 0) is 4.79 Å². The van der Waals surface area contributed by atoms with Gasteiger partial charge in [0.15, 0.2) is 5.78 Å². The summed E-state index contributed by atoms with van der Waals surface area (Å²) in [5.41, 5.74) is 0.375. The Morgan fingerprint density at radius 1 is 1.21 bits per heavy atom. The third kappa shape index (κ3) is 1.94. The van der Waals surface area contributed by atoms with E-state index >= 15 is 0 Å². The van der Waals surface area contributed by atoms with Crippen LogP contribution in [0.5, 0.6) is 0 Å². The molecule has 0 aliphatic heterocycles. The number of ketones is 1. The maximum Gasteiger partial charge on any atom is 0.155 e. The molecule has 0 bridgehead atoms. The van der Waals surface area contributed by atoms with Crippen molar-refractivity contribution in [2.24, 2.45) is 34.5 Å². The Morgan fingerprint density at radius 3 is 2.62 bits per heavy atom. The van der Waals surface area contributed by atoms with E-state index < -0.39 is 5.60 Å². The van der Waals surface area contributed by atoms with Gasteiger partial charge in [-0.25, -0.2) is 0 Å². The van der Waals surface area contributed by atoms with Crippen molar-refractivity contribution in [3.05, 3.63) is 11.6 Å². The lowest BCUT2D eigenvalue weighted by molar-refractivity contribution is -0.170. The molecule has 3 nitrogen and oxygen atoms in total. The Morgan fingerprint density at radius 2 is 1.92 bits per heavy atom. The van der Waals surface area contributed by atoms with E-state index in [0.29, 0.717) is 30.6 Å². The summed E-state index contributed by atoms with van der Waals surface area (Å²) >= 11 is 0. The molecule has 134 valence electrons. The Bertz CT molecular complexity index is 606. The van der Waals surface area contributed by atoms with Crippen molar-refractivity contribution in [1.29, 1.82) is 0 Å². The number of carbonyl (C=O) groups excluding carboxylic acids is 1. The van der Waals surface area contributed by atoms with Gasteiger partial charge in [0.25, 0.3) is 0 Å². The number of hydrogen-bond acceptors (Lipinski definition) is 3. The highest BCUT2D eigenvalue weighted by atomic mass is 16.3. The molecule has 2 N–H and O–H groups in total. The quantitative estimate of drug-likeness (QED) is 0.714. The summed E-state index contributed by atoms with van der Waals surface area (Å²) in [6.07, 6.45) is 6.66. The van der Waals surface area contributed by atoms with Gasteiger partial charge in [0.2, 0.25) is 0 Å². The predicted molar refractivity (Wildman–Crippen MR) is 93.3 cm³/mol. The molecule has 24 heavy (non-hydrogen) atoms. The van der Waals surface area contributed by atoms with E-state index in [0.717, 1.165) is 25.7 Å². The number of aliphatic hydroxyl groups is 2. The van der Waals surface area contributed by atoms with Gasteiger partial charge in [-0.05, 0) is 74.2 Å². The topological polar surface area (TPSA) is 57.5 Å². The molecule has 3 heteroatoms. The zero-order chi connectivity index (χ0) is 17.5. The number of allylic oxidation sites excluding steroid dienone is 1. The number of carbonyl (C=O) groups is 1. The third-order valence-electron chi connectivity index (χ3n) is 8.78. The molecule has 0 saturated heterocycles. The second kappa shape index (κ2) is 4.94. The van der Waals surface area contributed by atoms with Crippen LogP contribution in [0.15, 0.2) is 11.6 Å². The van der Waals surface area contributed by atoms with Crippen molar-refractivity contribution in [3.8, 4) is 0 Å². The lowest BCUT2D eigenvalue weighted by Gasteiger charge is -2.61. The zero-order valence-corrected chi connectivity index (χ0v) is 15.5. The molecule has 4 aliphatic rings. The smallest absolute Gasteiger partial charge is 0.155 e. The van der Waals surface area contributed by atoms with Gasteiger partial charge in [0.05, 0.1) is 11.7 Å². The van der Waals surface area contributed by atoms with Crippen molar-refractivity contribution in [2.75, 3.05) is 0 Å². The van der Waals surface area contributed by atoms with Crippen molar-refractivity contribution < 1.29 is 15.0 Å². The maximum absolute atomic E-state index is 12.0. The van der Waals surface area contributed by atoms with Gasteiger partial charge in [-0.1, -0.05) is 26.3 Å². The van der Waals surface area contributed by atoms with Crippen molar-refractivity contribution in [2.45, 2.75) is 77.9 Å². The Labute approximate surface area is 145 Å². The minimum absolute atomic E-state index is 0.0502. The Kier molecular flexibility index (Phi) is 3.46. The molecule has 8 atom stereocenters. The summed E-state index contributed by atoms with van der Waals surface area (Å²) in [7, 11) is 0. The summed E-state index contributed by atoms with van der Waals surface area (Å²) in [6, 6.07) is 0. The van der Waals surface area contributed by atoms with E-state index in [1.165, 1.54) is 5.57 Å². The average molecular weight is 332 g/mol. The average Bonchev–Trinajstić information content (AvgIpc) is 2.71. The first-order chi connectivity index (χ1) is 11.1. The van der Waals surface area contributed by atoms with Crippen LogP contribution in [0.25, 0.3) is 0 Å². The Balaban J connectivity index is 1.79. The molecule has 0 aromatic carbocycles. The molecule has 4 aliphatic carbocycles. The summed E-state index contributed by atoms with van der Waals surface area (Å²) in [4.78, 5) is 12.0. The second-order valence-corrected chi connectivity index (χ2v) is 9.92. The summed E-state index contributed by atoms with van der Waals surface area (Å²) < 4.78 is 0. The van der Waals surface area contributed by atoms with Crippen molar-refractivity contribution in [3.63, 3.8) is 0 Å². The van der Waals surface area contributed by atoms with Crippen LogP contribution >= 0.6 is 0 Å². The molecule has 4 rings (SSSR count). The van der Waals surface area contributed by atoms with Gasteiger partial charge in [-0.2, -0.15) is 0 Å². The Hall–Kier alpha value is -0.670. The van der Waals surface area contributed by atoms with Crippen LogP contribution in [0, 0.1) is 34.5 Å². The lowest BCUT2D eigenvalue weighted by Crippen LogP contribution is -2.60. The number of fused-ring (bicyclic) bond motifs is 5. The first-order valence-electron chi connectivity index (χ1n) is 9.75. The fourth-order valence-electron chi connectivity index (χ4n) is 7.34. The molecule has 0 aromatic heterocycles. The van der Waals surface area contributed by atoms with Crippen LogP contribution in [0.1, 0.15) is 66.2 Å². The standard InChI is InChI=1S/C21H32O3/c1-12-9-14-15-6-8-21(4,24)20(15,3)11-17(23)18(14)19(2)7-5-13(22)10-16(12)19/h10,12,14-15,17-18,23-24H,5-9,11H2,1-4H3/t12-,14-,15-,17+,18+,19-,20+,21-/m0/s1. The molecule has 0 heterocycles.